The fourth-order valence-corrected chi connectivity index (χ4v) is 3.30. The Labute approximate surface area is 166 Å². The Kier molecular flexibility index (Phi) is 11.2. The van der Waals surface area contributed by atoms with Gasteiger partial charge in [-0.25, -0.2) is 0 Å². The number of hydrogen-bond donors (Lipinski definition) is 0. The lowest BCUT2D eigenvalue weighted by Crippen LogP contribution is -2.33. The second-order valence-electron chi connectivity index (χ2n) is 8.67. The summed E-state index contributed by atoms with van der Waals surface area (Å²) in [5.41, 5.74) is 1.34. The summed E-state index contributed by atoms with van der Waals surface area (Å²) in [7, 11) is 0. The smallest absolute Gasteiger partial charge is 0.138 e. The maximum Gasteiger partial charge on any atom is 0.138 e. The summed E-state index contributed by atoms with van der Waals surface area (Å²) >= 11 is 0. The van der Waals surface area contributed by atoms with E-state index in [4.69, 9.17) is 0 Å². The quantitative estimate of drug-likeness (QED) is 0.684. The molecule has 2 atom stereocenters. The molecule has 2 fully saturated rings. The third kappa shape index (κ3) is 10.4. The standard InChI is InChI=1S/C12H15NO.C8H14O.C4H10/c14-12-6-8-13(9-7-12)10-11-4-2-1-3-5-11;1-6-4-3-5-7(2)8(6)9;1-4(2)3/h1-5H,6-10H2;6-7H,3-5H2,1-2H3;4H,1-3H3. The molecule has 0 radical (unpaired) electrons. The lowest BCUT2D eigenvalue weighted by molar-refractivity contribution is -0.127. The minimum Gasteiger partial charge on any atom is -0.300 e. The topological polar surface area (TPSA) is 37.4 Å². The molecular weight excluding hydrogens is 334 g/mol. The van der Waals surface area contributed by atoms with Crippen LogP contribution in [-0.2, 0) is 16.1 Å². The summed E-state index contributed by atoms with van der Waals surface area (Å²) in [6, 6.07) is 10.4. The maximum absolute atomic E-state index is 11.1. The first kappa shape index (κ1) is 23.6. The summed E-state index contributed by atoms with van der Waals surface area (Å²) < 4.78 is 0. The van der Waals surface area contributed by atoms with E-state index in [0.29, 0.717) is 23.4 Å². The summed E-state index contributed by atoms with van der Waals surface area (Å²) in [5, 5.41) is 0. The lowest BCUT2D eigenvalue weighted by Gasteiger charge is -2.25. The van der Waals surface area contributed by atoms with Gasteiger partial charge in [-0.3, -0.25) is 14.5 Å². The molecule has 0 N–H and O–H groups in total. The van der Waals surface area contributed by atoms with Crippen molar-refractivity contribution in [2.24, 2.45) is 17.8 Å². The first-order chi connectivity index (χ1) is 12.8. The van der Waals surface area contributed by atoms with Gasteiger partial charge in [0.2, 0.25) is 0 Å². The van der Waals surface area contributed by atoms with Gasteiger partial charge in [0.1, 0.15) is 11.6 Å². The zero-order valence-corrected chi connectivity index (χ0v) is 18.0. The van der Waals surface area contributed by atoms with E-state index in [1.165, 1.54) is 12.0 Å². The molecule has 1 saturated heterocycles. The van der Waals surface area contributed by atoms with E-state index in [-0.39, 0.29) is 0 Å². The van der Waals surface area contributed by atoms with E-state index < -0.39 is 0 Å². The largest absolute Gasteiger partial charge is 0.300 e. The zero-order chi connectivity index (χ0) is 20.2. The number of ketones is 2. The molecule has 1 aromatic carbocycles. The third-order valence-corrected chi connectivity index (χ3v) is 4.91. The van der Waals surface area contributed by atoms with Gasteiger partial charge < -0.3 is 0 Å². The van der Waals surface area contributed by atoms with Crippen LogP contribution in [0, 0.1) is 17.8 Å². The van der Waals surface area contributed by atoms with Crippen molar-refractivity contribution in [1.29, 1.82) is 0 Å². The van der Waals surface area contributed by atoms with Crippen LogP contribution in [0.25, 0.3) is 0 Å². The number of carbonyl (C=O) groups is 2. The number of carbonyl (C=O) groups excluding carboxylic acids is 2. The molecule has 0 aromatic heterocycles. The van der Waals surface area contributed by atoms with E-state index >= 15 is 0 Å². The highest BCUT2D eigenvalue weighted by molar-refractivity contribution is 5.83. The number of rotatable bonds is 2. The van der Waals surface area contributed by atoms with Crippen LogP contribution in [0.2, 0.25) is 0 Å². The average molecular weight is 374 g/mol. The van der Waals surface area contributed by atoms with Crippen molar-refractivity contribution in [1.82, 2.24) is 4.90 Å². The number of Topliss-reactive ketones (excluding diaryl/α,β-unsaturated/α-hetero) is 2. The van der Waals surface area contributed by atoms with Gasteiger partial charge in [-0.05, 0) is 24.3 Å². The molecule has 27 heavy (non-hydrogen) atoms. The van der Waals surface area contributed by atoms with Crippen LogP contribution < -0.4 is 0 Å². The van der Waals surface area contributed by atoms with Crippen molar-refractivity contribution in [3.63, 3.8) is 0 Å². The van der Waals surface area contributed by atoms with Crippen molar-refractivity contribution in [3.05, 3.63) is 35.9 Å². The molecule has 3 nitrogen and oxygen atoms in total. The van der Waals surface area contributed by atoms with Crippen molar-refractivity contribution >= 4 is 11.6 Å². The lowest BCUT2D eigenvalue weighted by atomic mass is 9.82. The predicted octanol–water partition coefficient (Wildman–Crippen LogP) is 5.53. The Morgan fingerprint density at radius 3 is 1.85 bits per heavy atom. The zero-order valence-electron chi connectivity index (χ0n) is 18.0. The normalized spacial score (nSPS) is 23.2. The first-order valence-electron chi connectivity index (χ1n) is 10.6. The van der Waals surface area contributed by atoms with Gasteiger partial charge in [-0.1, -0.05) is 71.4 Å². The summed E-state index contributed by atoms with van der Waals surface area (Å²) in [5.74, 6) is 2.40. The summed E-state index contributed by atoms with van der Waals surface area (Å²) in [6.07, 6.45) is 4.93. The van der Waals surface area contributed by atoms with Gasteiger partial charge in [-0.15, -0.1) is 0 Å². The molecule has 1 aliphatic carbocycles. The van der Waals surface area contributed by atoms with Crippen LogP contribution in [0.3, 0.4) is 0 Å². The van der Waals surface area contributed by atoms with E-state index in [1.807, 2.05) is 19.9 Å². The summed E-state index contributed by atoms with van der Waals surface area (Å²) in [6.45, 7) is 13.4. The second kappa shape index (κ2) is 12.8. The fourth-order valence-electron chi connectivity index (χ4n) is 3.30. The van der Waals surface area contributed by atoms with Crippen LogP contribution in [0.1, 0.15) is 72.3 Å². The van der Waals surface area contributed by atoms with E-state index in [0.717, 1.165) is 51.2 Å². The Morgan fingerprint density at radius 2 is 1.41 bits per heavy atom. The highest BCUT2D eigenvalue weighted by Gasteiger charge is 2.23. The van der Waals surface area contributed by atoms with Gasteiger partial charge in [-0.2, -0.15) is 0 Å². The van der Waals surface area contributed by atoms with Crippen molar-refractivity contribution in [3.8, 4) is 0 Å². The molecule has 1 aliphatic heterocycles. The Morgan fingerprint density at radius 1 is 0.926 bits per heavy atom. The molecule has 1 heterocycles. The molecule has 152 valence electrons. The molecule has 0 amide bonds. The average Bonchev–Trinajstić information content (AvgIpc) is 2.63. The van der Waals surface area contributed by atoms with Crippen LogP contribution in [0.4, 0.5) is 0 Å². The molecule has 3 heteroatoms. The molecule has 0 spiro atoms. The molecule has 1 saturated carbocycles. The van der Waals surface area contributed by atoms with Gasteiger partial charge in [0, 0.05) is 44.3 Å². The molecule has 2 unspecified atom stereocenters. The van der Waals surface area contributed by atoms with Crippen molar-refractivity contribution in [2.45, 2.75) is 73.3 Å². The number of benzene rings is 1. The Bertz CT molecular complexity index is 528. The van der Waals surface area contributed by atoms with Crippen LogP contribution in [-0.4, -0.2) is 29.6 Å². The van der Waals surface area contributed by atoms with Gasteiger partial charge in [0.25, 0.3) is 0 Å². The maximum atomic E-state index is 11.1. The highest BCUT2D eigenvalue weighted by atomic mass is 16.1. The van der Waals surface area contributed by atoms with Gasteiger partial charge in [0.05, 0.1) is 0 Å². The minimum absolute atomic E-state index is 0.341. The molecule has 3 rings (SSSR count). The number of likely N-dealkylation sites (tertiary alicyclic amines) is 1. The van der Waals surface area contributed by atoms with Crippen molar-refractivity contribution < 1.29 is 9.59 Å². The number of nitrogens with zero attached hydrogens (tertiary/aromatic N) is 1. The van der Waals surface area contributed by atoms with Crippen LogP contribution >= 0.6 is 0 Å². The minimum atomic E-state index is 0.341. The number of piperidine rings is 1. The molecular formula is C24H39NO2. The molecule has 2 aliphatic rings. The van der Waals surface area contributed by atoms with Crippen molar-refractivity contribution in [2.75, 3.05) is 13.1 Å². The van der Waals surface area contributed by atoms with Crippen LogP contribution in [0.5, 0.6) is 0 Å². The monoisotopic (exact) mass is 373 g/mol. The van der Waals surface area contributed by atoms with Gasteiger partial charge in [0.15, 0.2) is 0 Å². The number of hydrogen-bond acceptors (Lipinski definition) is 3. The first-order valence-corrected chi connectivity index (χ1v) is 10.6. The SMILES string of the molecule is CC(C)C.CC1CCCC(C)C1=O.O=C1CCN(Cc2ccccc2)CC1. The molecule has 0 bridgehead atoms. The fraction of sp³-hybridized carbons (Fsp3) is 0.667. The van der Waals surface area contributed by atoms with E-state index in [2.05, 4.69) is 49.9 Å². The Hall–Kier alpha value is -1.48. The predicted molar refractivity (Wildman–Crippen MR) is 114 cm³/mol. The van der Waals surface area contributed by atoms with E-state index in [9.17, 15) is 9.59 Å². The van der Waals surface area contributed by atoms with E-state index in [1.54, 1.807) is 0 Å². The summed E-state index contributed by atoms with van der Waals surface area (Å²) in [4.78, 5) is 24.5. The van der Waals surface area contributed by atoms with Gasteiger partial charge >= 0.3 is 0 Å². The molecule has 1 aromatic rings. The highest BCUT2D eigenvalue weighted by Crippen LogP contribution is 2.24. The third-order valence-electron chi connectivity index (χ3n) is 4.91. The van der Waals surface area contributed by atoms with Crippen LogP contribution in [0.15, 0.2) is 30.3 Å². The second-order valence-corrected chi connectivity index (χ2v) is 8.67. The Balaban J connectivity index is 0.000000241.